The van der Waals surface area contributed by atoms with Gasteiger partial charge in [0.05, 0.1) is 6.54 Å². The summed E-state index contributed by atoms with van der Waals surface area (Å²) in [7, 11) is 0. The molecule has 26 heavy (non-hydrogen) atoms. The van der Waals surface area contributed by atoms with E-state index in [1.54, 1.807) is 10.9 Å². The fourth-order valence-corrected chi connectivity index (χ4v) is 2.95. The zero-order chi connectivity index (χ0) is 17.9. The van der Waals surface area contributed by atoms with E-state index in [-0.39, 0.29) is 12.0 Å². The molecule has 1 saturated heterocycles. The van der Waals surface area contributed by atoms with Gasteiger partial charge in [-0.3, -0.25) is 9.48 Å². The van der Waals surface area contributed by atoms with Gasteiger partial charge < -0.3 is 14.5 Å². The number of carbonyl (C=O) groups is 1. The normalized spacial score (nSPS) is 16.7. The molecule has 1 amide bonds. The van der Waals surface area contributed by atoms with Gasteiger partial charge in [-0.15, -0.1) is 0 Å². The zero-order valence-corrected chi connectivity index (χ0v) is 14.5. The largest absolute Gasteiger partial charge is 0.441 e. The Morgan fingerprint density at radius 1 is 1.35 bits per heavy atom. The lowest BCUT2D eigenvalue weighted by molar-refractivity contribution is -0.124. The van der Waals surface area contributed by atoms with E-state index in [1.807, 2.05) is 43.5 Å². The number of benzene rings is 1. The Labute approximate surface area is 151 Å². The van der Waals surface area contributed by atoms with Crippen LogP contribution in [0.4, 0.5) is 5.69 Å². The molecule has 4 rings (SSSR count). The second kappa shape index (κ2) is 7.13. The molecule has 134 valence electrons. The van der Waals surface area contributed by atoms with Gasteiger partial charge in [0.15, 0.2) is 0 Å². The molecule has 7 heteroatoms. The fraction of sp³-hybridized carbons (Fsp3) is 0.316. The van der Waals surface area contributed by atoms with Gasteiger partial charge in [0.25, 0.3) is 5.91 Å². The topological polar surface area (TPSA) is 82.2 Å². The van der Waals surface area contributed by atoms with Crippen LogP contribution >= 0.6 is 0 Å². The quantitative estimate of drug-likeness (QED) is 0.763. The van der Waals surface area contributed by atoms with Crippen molar-refractivity contribution in [2.24, 2.45) is 0 Å². The number of rotatable bonds is 5. The van der Waals surface area contributed by atoms with Crippen LogP contribution in [0.15, 0.2) is 47.1 Å². The van der Waals surface area contributed by atoms with E-state index in [4.69, 9.17) is 9.15 Å². The molecule has 0 unspecified atom stereocenters. The predicted octanol–water partition coefficient (Wildman–Crippen LogP) is 3.01. The first kappa shape index (κ1) is 16.5. The van der Waals surface area contributed by atoms with Gasteiger partial charge in [-0.05, 0) is 50.1 Å². The Hall–Kier alpha value is -2.93. The van der Waals surface area contributed by atoms with Crippen molar-refractivity contribution in [1.82, 2.24) is 14.8 Å². The third-order valence-electron chi connectivity index (χ3n) is 4.39. The van der Waals surface area contributed by atoms with E-state index in [0.29, 0.717) is 19.0 Å². The number of anilines is 1. The number of aryl methyl sites for hydroxylation is 1. The molecule has 0 radical (unpaired) electrons. The van der Waals surface area contributed by atoms with Gasteiger partial charge in [-0.1, -0.05) is 0 Å². The fourth-order valence-electron chi connectivity index (χ4n) is 2.95. The summed E-state index contributed by atoms with van der Waals surface area (Å²) in [4.78, 5) is 16.7. The highest BCUT2D eigenvalue weighted by Crippen LogP contribution is 2.24. The molecule has 0 bridgehead atoms. The molecule has 1 N–H and O–H groups in total. The summed E-state index contributed by atoms with van der Waals surface area (Å²) >= 11 is 0. The Bertz CT molecular complexity index is 878. The number of hydrogen-bond donors (Lipinski definition) is 1. The lowest BCUT2D eigenvalue weighted by Gasteiger charge is -2.10. The van der Waals surface area contributed by atoms with Crippen LogP contribution in [0.1, 0.15) is 24.3 Å². The number of amides is 1. The van der Waals surface area contributed by atoms with Crippen LogP contribution in [0.3, 0.4) is 0 Å². The number of aromatic nitrogens is 3. The molecule has 1 aliphatic rings. The third-order valence-corrected chi connectivity index (χ3v) is 4.39. The van der Waals surface area contributed by atoms with Crippen molar-refractivity contribution in [3.8, 4) is 11.5 Å². The Morgan fingerprint density at radius 3 is 2.88 bits per heavy atom. The molecule has 0 spiro atoms. The molecule has 3 heterocycles. The number of ether oxygens (including phenoxy) is 1. The summed E-state index contributed by atoms with van der Waals surface area (Å²) in [5.41, 5.74) is 2.43. The minimum atomic E-state index is -0.339. The first-order valence-electron chi connectivity index (χ1n) is 8.66. The first-order chi connectivity index (χ1) is 12.7. The second-order valence-electron chi connectivity index (χ2n) is 6.29. The summed E-state index contributed by atoms with van der Waals surface area (Å²) in [5, 5.41) is 7.07. The van der Waals surface area contributed by atoms with E-state index < -0.39 is 0 Å². The summed E-state index contributed by atoms with van der Waals surface area (Å²) in [6.07, 6.45) is 4.99. The summed E-state index contributed by atoms with van der Waals surface area (Å²) in [5.74, 6) is 1.23. The maximum absolute atomic E-state index is 12.1. The van der Waals surface area contributed by atoms with E-state index in [9.17, 15) is 4.79 Å². The first-order valence-corrected chi connectivity index (χ1v) is 8.66. The Kier molecular flexibility index (Phi) is 4.53. The van der Waals surface area contributed by atoms with Crippen molar-refractivity contribution in [1.29, 1.82) is 0 Å². The minimum absolute atomic E-state index is 0.0938. The van der Waals surface area contributed by atoms with Crippen molar-refractivity contribution in [2.45, 2.75) is 32.4 Å². The second-order valence-corrected chi connectivity index (χ2v) is 6.29. The summed E-state index contributed by atoms with van der Waals surface area (Å²) < 4.78 is 13.0. The summed E-state index contributed by atoms with van der Waals surface area (Å²) in [6.45, 7) is 3.12. The molecule has 1 fully saturated rings. The number of carbonyl (C=O) groups excluding carboxylic acids is 1. The van der Waals surface area contributed by atoms with Crippen LogP contribution in [-0.2, 0) is 16.1 Å². The van der Waals surface area contributed by atoms with Gasteiger partial charge in [-0.25, -0.2) is 4.98 Å². The van der Waals surface area contributed by atoms with E-state index >= 15 is 0 Å². The van der Waals surface area contributed by atoms with Gasteiger partial charge >= 0.3 is 0 Å². The molecular weight excluding hydrogens is 332 g/mol. The highest BCUT2D eigenvalue weighted by Gasteiger charge is 2.23. The zero-order valence-electron chi connectivity index (χ0n) is 14.5. The predicted molar refractivity (Wildman–Crippen MR) is 95.6 cm³/mol. The van der Waals surface area contributed by atoms with Crippen LogP contribution < -0.4 is 5.32 Å². The molecule has 1 aliphatic heterocycles. The van der Waals surface area contributed by atoms with Crippen molar-refractivity contribution in [2.75, 3.05) is 11.9 Å². The van der Waals surface area contributed by atoms with Crippen molar-refractivity contribution in [3.63, 3.8) is 0 Å². The average molecular weight is 352 g/mol. The van der Waals surface area contributed by atoms with Crippen LogP contribution in [-0.4, -0.2) is 33.4 Å². The number of hydrogen-bond acceptors (Lipinski definition) is 5. The standard InChI is InChI=1S/C19H20N4O3/c1-13-16(12-23-10-3-9-20-23)22-19(26-13)14-5-7-15(8-6-14)21-18(24)17-4-2-11-25-17/h3,5-10,17H,2,4,11-12H2,1H3,(H,21,24)/t17-/m0/s1. The van der Waals surface area contributed by atoms with Crippen molar-refractivity contribution < 1.29 is 13.9 Å². The Balaban J connectivity index is 1.45. The minimum Gasteiger partial charge on any atom is -0.441 e. The molecule has 1 atom stereocenters. The van der Waals surface area contributed by atoms with Gasteiger partial charge in [-0.2, -0.15) is 5.10 Å². The van der Waals surface area contributed by atoms with Crippen molar-refractivity contribution in [3.05, 3.63) is 54.2 Å². The molecule has 1 aromatic carbocycles. The van der Waals surface area contributed by atoms with Crippen LogP contribution in [0.5, 0.6) is 0 Å². The highest BCUT2D eigenvalue weighted by molar-refractivity contribution is 5.94. The van der Waals surface area contributed by atoms with Gasteiger partial charge in [0.1, 0.15) is 17.6 Å². The maximum atomic E-state index is 12.1. The van der Waals surface area contributed by atoms with E-state index in [1.165, 1.54) is 0 Å². The number of oxazole rings is 1. The van der Waals surface area contributed by atoms with Crippen molar-refractivity contribution >= 4 is 11.6 Å². The molecule has 2 aromatic heterocycles. The summed E-state index contributed by atoms with van der Waals surface area (Å²) in [6, 6.07) is 9.33. The lowest BCUT2D eigenvalue weighted by atomic mass is 10.2. The highest BCUT2D eigenvalue weighted by atomic mass is 16.5. The smallest absolute Gasteiger partial charge is 0.253 e. The Morgan fingerprint density at radius 2 is 2.19 bits per heavy atom. The molecule has 0 saturated carbocycles. The third kappa shape index (κ3) is 3.52. The van der Waals surface area contributed by atoms with E-state index in [2.05, 4.69) is 15.4 Å². The lowest BCUT2D eigenvalue weighted by Crippen LogP contribution is -2.26. The number of nitrogens with zero attached hydrogens (tertiary/aromatic N) is 3. The van der Waals surface area contributed by atoms with Crippen LogP contribution in [0.25, 0.3) is 11.5 Å². The van der Waals surface area contributed by atoms with E-state index in [0.717, 1.165) is 35.5 Å². The van der Waals surface area contributed by atoms with Gasteiger partial charge in [0.2, 0.25) is 5.89 Å². The van der Waals surface area contributed by atoms with Crippen LogP contribution in [0, 0.1) is 6.92 Å². The average Bonchev–Trinajstić information content (AvgIpc) is 3.39. The molecule has 7 nitrogen and oxygen atoms in total. The number of nitrogens with one attached hydrogen (secondary N) is 1. The van der Waals surface area contributed by atoms with Gasteiger partial charge in [0, 0.05) is 30.3 Å². The monoisotopic (exact) mass is 352 g/mol. The van der Waals surface area contributed by atoms with Crippen LogP contribution in [0.2, 0.25) is 0 Å². The molecule has 3 aromatic rings. The molecular formula is C19H20N4O3. The SMILES string of the molecule is Cc1oc(-c2ccc(NC(=O)[C@@H]3CCCO3)cc2)nc1Cn1cccn1. The molecule has 0 aliphatic carbocycles. The maximum Gasteiger partial charge on any atom is 0.253 e.